The molecule has 2 heterocycles. The van der Waals surface area contributed by atoms with E-state index in [1.165, 1.54) is 41.9 Å². The van der Waals surface area contributed by atoms with Crippen molar-refractivity contribution in [3.05, 3.63) is 35.4 Å². The van der Waals surface area contributed by atoms with Gasteiger partial charge in [0.1, 0.15) is 0 Å². The van der Waals surface area contributed by atoms with Crippen molar-refractivity contribution in [2.24, 2.45) is 0 Å². The summed E-state index contributed by atoms with van der Waals surface area (Å²) in [6.07, 6.45) is 6.75. The van der Waals surface area contributed by atoms with Crippen molar-refractivity contribution in [1.29, 1.82) is 0 Å². The van der Waals surface area contributed by atoms with Crippen molar-refractivity contribution < 1.29 is 4.79 Å². The van der Waals surface area contributed by atoms with E-state index in [4.69, 9.17) is 0 Å². The van der Waals surface area contributed by atoms with Gasteiger partial charge in [0.25, 0.3) is 0 Å². The van der Waals surface area contributed by atoms with Crippen LogP contribution >= 0.6 is 0 Å². The number of rotatable bonds is 4. The molecule has 1 aliphatic carbocycles. The Bertz CT molecular complexity index is 654. The maximum absolute atomic E-state index is 11.0. The van der Waals surface area contributed by atoms with Crippen molar-refractivity contribution in [2.75, 3.05) is 18.1 Å². The van der Waals surface area contributed by atoms with Gasteiger partial charge in [-0.1, -0.05) is 25.1 Å². The van der Waals surface area contributed by atoms with Crippen molar-refractivity contribution in [2.45, 2.75) is 51.1 Å². The first-order chi connectivity index (χ1) is 11.3. The molecule has 1 N–H and O–H groups in total. The first kappa shape index (κ1) is 14.8. The molecule has 0 saturated carbocycles. The van der Waals surface area contributed by atoms with Crippen molar-refractivity contribution >= 4 is 17.7 Å². The van der Waals surface area contributed by atoms with E-state index in [9.17, 15) is 4.79 Å². The average Bonchev–Trinajstić information content (AvgIpc) is 2.84. The topological polar surface area (TPSA) is 35.6 Å². The van der Waals surface area contributed by atoms with Crippen LogP contribution in [-0.4, -0.2) is 36.5 Å². The normalized spacial score (nSPS) is 28.9. The Kier molecular flexibility index (Phi) is 3.64. The fraction of sp³-hybridized carbons (Fsp3) is 0.526. The largest absolute Gasteiger partial charge is 0.296 e. The first-order valence-corrected chi connectivity index (χ1v) is 8.82. The fourth-order valence-corrected chi connectivity index (χ4v) is 4.84. The van der Waals surface area contributed by atoms with Gasteiger partial charge in [0.2, 0.25) is 6.41 Å². The predicted octanol–water partition coefficient (Wildman–Crippen LogP) is 2.91. The highest BCUT2D eigenvalue weighted by atomic mass is 16.1. The van der Waals surface area contributed by atoms with Gasteiger partial charge in [0.15, 0.2) is 0 Å². The van der Waals surface area contributed by atoms with Crippen molar-refractivity contribution in [1.82, 2.24) is 10.3 Å². The molecule has 1 amide bonds. The summed E-state index contributed by atoms with van der Waals surface area (Å²) < 4.78 is 0. The Morgan fingerprint density at radius 1 is 1.39 bits per heavy atom. The van der Waals surface area contributed by atoms with Crippen molar-refractivity contribution in [3.8, 4) is 0 Å². The second-order valence-electron chi connectivity index (χ2n) is 6.94. The molecule has 1 aromatic rings. The van der Waals surface area contributed by atoms with E-state index in [0.29, 0.717) is 18.0 Å². The van der Waals surface area contributed by atoms with Crippen LogP contribution in [0.5, 0.6) is 0 Å². The lowest BCUT2D eigenvalue weighted by Crippen LogP contribution is -2.46. The minimum atomic E-state index is 0.309. The highest BCUT2D eigenvalue weighted by molar-refractivity contribution is 5.82. The van der Waals surface area contributed by atoms with Crippen LogP contribution in [0, 0.1) is 0 Å². The zero-order valence-electron chi connectivity index (χ0n) is 14.0. The maximum atomic E-state index is 11.0. The Morgan fingerprint density at radius 3 is 3.04 bits per heavy atom. The van der Waals surface area contributed by atoms with Crippen LogP contribution in [0.15, 0.2) is 24.3 Å². The molecule has 23 heavy (non-hydrogen) atoms. The van der Waals surface area contributed by atoms with Crippen LogP contribution in [0.2, 0.25) is 0 Å². The number of nitrogens with zero attached hydrogens (tertiary/aromatic N) is 2. The van der Waals surface area contributed by atoms with Gasteiger partial charge in [0, 0.05) is 18.5 Å². The SMILES string of the molecule is CCCN1CCC=C2c3cccc4c3C(C[C@H]21)C(C)N4NC=O. The second kappa shape index (κ2) is 5.68. The van der Waals surface area contributed by atoms with Crippen LogP contribution in [0.1, 0.15) is 50.2 Å². The lowest BCUT2D eigenvalue weighted by molar-refractivity contribution is -0.109. The van der Waals surface area contributed by atoms with Gasteiger partial charge >= 0.3 is 0 Å². The van der Waals surface area contributed by atoms with E-state index < -0.39 is 0 Å². The summed E-state index contributed by atoms with van der Waals surface area (Å²) in [4.78, 5) is 13.7. The molecule has 3 aliphatic rings. The minimum absolute atomic E-state index is 0.309. The zero-order valence-corrected chi connectivity index (χ0v) is 14.0. The lowest BCUT2D eigenvalue weighted by Gasteiger charge is -2.42. The third-order valence-corrected chi connectivity index (χ3v) is 5.77. The Morgan fingerprint density at radius 2 is 2.26 bits per heavy atom. The molecular formula is C19H25N3O. The molecule has 2 unspecified atom stereocenters. The molecule has 122 valence electrons. The van der Waals surface area contributed by atoms with Gasteiger partial charge < -0.3 is 0 Å². The fourth-order valence-electron chi connectivity index (χ4n) is 4.84. The molecule has 0 bridgehead atoms. The summed E-state index contributed by atoms with van der Waals surface area (Å²) in [7, 11) is 0. The molecule has 0 aromatic heterocycles. The van der Waals surface area contributed by atoms with Gasteiger partial charge in [-0.3, -0.25) is 20.1 Å². The monoisotopic (exact) mass is 311 g/mol. The predicted molar refractivity (Wildman–Crippen MR) is 93.2 cm³/mol. The average molecular weight is 311 g/mol. The zero-order chi connectivity index (χ0) is 16.0. The molecule has 4 nitrogen and oxygen atoms in total. The summed E-state index contributed by atoms with van der Waals surface area (Å²) in [5.74, 6) is 0.494. The van der Waals surface area contributed by atoms with E-state index in [1.807, 2.05) is 0 Å². The van der Waals surface area contributed by atoms with Crippen molar-refractivity contribution in [3.63, 3.8) is 0 Å². The molecule has 0 fully saturated rings. The molecule has 1 aromatic carbocycles. The summed E-state index contributed by atoms with van der Waals surface area (Å²) in [6.45, 7) is 6.84. The number of benzene rings is 1. The molecule has 3 atom stereocenters. The second-order valence-corrected chi connectivity index (χ2v) is 6.94. The van der Waals surface area contributed by atoms with Gasteiger partial charge in [-0.05, 0) is 55.5 Å². The van der Waals surface area contributed by atoms with E-state index in [2.05, 4.69) is 53.5 Å². The number of hydrazine groups is 1. The molecule has 2 aliphatic heterocycles. The highest BCUT2D eigenvalue weighted by Gasteiger charge is 2.45. The van der Waals surface area contributed by atoms with E-state index in [1.54, 1.807) is 0 Å². The lowest BCUT2D eigenvalue weighted by atomic mass is 9.74. The van der Waals surface area contributed by atoms with Crippen LogP contribution in [0.25, 0.3) is 5.57 Å². The Balaban J connectivity index is 1.80. The van der Waals surface area contributed by atoms with Crippen LogP contribution < -0.4 is 10.4 Å². The standard InChI is InChI=1S/C19H25N3O/c1-3-9-21-10-5-7-14-15-6-4-8-17-19(15)16(11-18(14)21)13(2)22(17)20-12-23/h4,6-8,12-13,16,18H,3,5,9-11H2,1-2H3,(H,20,23)/t13?,16?,18-/m1/s1. The highest BCUT2D eigenvalue weighted by Crippen LogP contribution is 2.52. The number of carbonyl (C=O) groups excluding carboxylic acids is 1. The third kappa shape index (κ3) is 2.12. The summed E-state index contributed by atoms with van der Waals surface area (Å²) in [5.41, 5.74) is 8.45. The molecule has 0 radical (unpaired) electrons. The number of carbonyl (C=O) groups is 1. The molecule has 0 spiro atoms. The number of nitrogens with one attached hydrogen (secondary N) is 1. The van der Waals surface area contributed by atoms with Crippen LogP contribution in [0.4, 0.5) is 5.69 Å². The third-order valence-electron chi connectivity index (χ3n) is 5.77. The van der Waals surface area contributed by atoms with Gasteiger partial charge in [0.05, 0.1) is 11.7 Å². The van der Waals surface area contributed by atoms with E-state index in [-0.39, 0.29) is 0 Å². The smallest absolute Gasteiger partial charge is 0.225 e. The number of hydrogen-bond acceptors (Lipinski definition) is 3. The summed E-state index contributed by atoms with van der Waals surface area (Å²) >= 11 is 0. The van der Waals surface area contributed by atoms with E-state index >= 15 is 0 Å². The summed E-state index contributed by atoms with van der Waals surface area (Å²) in [5, 5.41) is 2.05. The number of fused-ring (bicyclic) bond motifs is 2. The quantitative estimate of drug-likeness (QED) is 0.869. The molecule has 4 heteroatoms. The Labute approximate surface area is 138 Å². The minimum Gasteiger partial charge on any atom is -0.296 e. The van der Waals surface area contributed by atoms with E-state index in [0.717, 1.165) is 19.3 Å². The molecule has 4 rings (SSSR count). The molecule has 0 saturated heterocycles. The summed E-state index contributed by atoms with van der Waals surface area (Å²) in [6, 6.07) is 7.39. The van der Waals surface area contributed by atoms with Crippen LogP contribution in [-0.2, 0) is 4.79 Å². The number of hydrogen-bond donors (Lipinski definition) is 1. The first-order valence-electron chi connectivity index (χ1n) is 8.82. The van der Waals surface area contributed by atoms with Gasteiger partial charge in [-0.15, -0.1) is 0 Å². The molecular weight excluding hydrogens is 286 g/mol. The van der Waals surface area contributed by atoms with Crippen LogP contribution in [0.3, 0.4) is 0 Å². The van der Waals surface area contributed by atoms with Gasteiger partial charge in [-0.25, -0.2) is 0 Å². The number of anilines is 1. The van der Waals surface area contributed by atoms with Gasteiger partial charge in [-0.2, -0.15) is 0 Å². The Hall–Kier alpha value is -1.81. The maximum Gasteiger partial charge on any atom is 0.225 e. The number of amides is 1.